The highest BCUT2D eigenvalue weighted by molar-refractivity contribution is 5.20. The number of benzene rings is 1. The highest BCUT2D eigenvalue weighted by atomic mass is 16.5. The van der Waals surface area contributed by atoms with Gasteiger partial charge < -0.3 is 9.47 Å². The molecule has 0 aromatic heterocycles. The molecule has 0 aliphatic rings. The Balaban J connectivity index is 2.15. The summed E-state index contributed by atoms with van der Waals surface area (Å²) in [4.78, 5) is 0. The van der Waals surface area contributed by atoms with Gasteiger partial charge in [0, 0.05) is 19.1 Å². The third-order valence-electron chi connectivity index (χ3n) is 2.38. The zero-order chi connectivity index (χ0) is 12.3. The minimum absolute atomic E-state index is 0.144. The van der Waals surface area contributed by atoms with Gasteiger partial charge >= 0.3 is 0 Å². The summed E-state index contributed by atoms with van der Waals surface area (Å²) < 4.78 is 11.0. The summed E-state index contributed by atoms with van der Waals surface area (Å²) in [6, 6.07) is 9.91. The second-order valence-corrected chi connectivity index (χ2v) is 3.89. The van der Waals surface area contributed by atoms with Gasteiger partial charge in [0.15, 0.2) is 0 Å². The van der Waals surface area contributed by atoms with Crippen LogP contribution in [0.25, 0.3) is 0 Å². The molecule has 1 atom stereocenters. The van der Waals surface area contributed by atoms with Crippen LogP contribution in [0.1, 0.15) is 19.8 Å². The largest absolute Gasteiger partial charge is 0.494 e. The zero-order valence-corrected chi connectivity index (χ0v) is 10.4. The number of nitrogens with one attached hydrogen (secondary N) is 1. The molecule has 4 nitrogen and oxygen atoms in total. The Labute approximate surface area is 103 Å². The van der Waals surface area contributed by atoms with Gasteiger partial charge in [0.25, 0.3) is 0 Å². The van der Waals surface area contributed by atoms with E-state index in [4.69, 9.17) is 15.3 Å². The monoisotopic (exact) mass is 238 g/mol. The Bertz CT molecular complexity index is 280. The molecule has 0 amide bonds. The maximum atomic E-state index is 5.59. The van der Waals surface area contributed by atoms with E-state index in [1.807, 2.05) is 30.3 Å². The van der Waals surface area contributed by atoms with Crippen LogP contribution in [-0.4, -0.2) is 25.9 Å². The van der Waals surface area contributed by atoms with E-state index in [-0.39, 0.29) is 6.04 Å². The fourth-order valence-electron chi connectivity index (χ4n) is 1.42. The predicted molar refractivity (Wildman–Crippen MR) is 68.8 cm³/mol. The van der Waals surface area contributed by atoms with Gasteiger partial charge in [0.05, 0.1) is 13.2 Å². The molecule has 1 rings (SSSR count). The number of hydrazine groups is 1. The SMILES string of the molecule is CCCOCC(CCOc1ccccc1)NN. The van der Waals surface area contributed by atoms with Crippen molar-refractivity contribution in [3.8, 4) is 5.75 Å². The average molecular weight is 238 g/mol. The maximum absolute atomic E-state index is 5.59. The van der Waals surface area contributed by atoms with Crippen molar-refractivity contribution < 1.29 is 9.47 Å². The minimum atomic E-state index is 0.144. The van der Waals surface area contributed by atoms with Gasteiger partial charge in [-0.25, -0.2) is 0 Å². The van der Waals surface area contributed by atoms with E-state index < -0.39 is 0 Å². The van der Waals surface area contributed by atoms with Crippen molar-refractivity contribution in [2.24, 2.45) is 5.84 Å². The van der Waals surface area contributed by atoms with Crippen molar-refractivity contribution in [1.29, 1.82) is 0 Å². The summed E-state index contributed by atoms with van der Waals surface area (Å²) in [7, 11) is 0. The molecule has 0 radical (unpaired) electrons. The molecular formula is C13H22N2O2. The second-order valence-electron chi connectivity index (χ2n) is 3.89. The number of hydrogen-bond donors (Lipinski definition) is 2. The van der Waals surface area contributed by atoms with Crippen LogP contribution in [0.2, 0.25) is 0 Å². The first-order valence-electron chi connectivity index (χ1n) is 6.08. The van der Waals surface area contributed by atoms with Gasteiger partial charge in [-0.05, 0) is 18.6 Å². The molecule has 1 aromatic rings. The lowest BCUT2D eigenvalue weighted by Gasteiger charge is -2.16. The van der Waals surface area contributed by atoms with Gasteiger partial charge in [0.2, 0.25) is 0 Å². The van der Waals surface area contributed by atoms with Crippen LogP contribution >= 0.6 is 0 Å². The lowest BCUT2D eigenvalue weighted by atomic mass is 10.2. The zero-order valence-electron chi connectivity index (χ0n) is 10.4. The van der Waals surface area contributed by atoms with E-state index in [9.17, 15) is 0 Å². The molecule has 3 N–H and O–H groups in total. The molecule has 0 heterocycles. The van der Waals surface area contributed by atoms with E-state index in [0.717, 1.165) is 25.2 Å². The molecule has 17 heavy (non-hydrogen) atoms. The summed E-state index contributed by atoms with van der Waals surface area (Å²) in [6.07, 6.45) is 1.85. The highest BCUT2D eigenvalue weighted by Crippen LogP contribution is 2.08. The fraction of sp³-hybridized carbons (Fsp3) is 0.538. The summed E-state index contributed by atoms with van der Waals surface area (Å²) >= 11 is 0. The molecule has 0 aliphatic heterocycles. The fourth-order valence-corrected chi connectivity index (χ4v) is 1.42. The summed E-state index contributed by atoms with van der Waals surface area (Å²) in [6.45, 7) is 4.12. The van der Waals surface area contributed by atoms with Crippen LogP contribution in [-0.2, 0) is 4.74 Å². The van der Waals surface area contributed by atoms with Gasteiger partial charge in [-0.1, -0.05) is 25.1 Å². The smallest absolute Gasteiger partial charge is 0.119 e. The minimum Gasteiger partial charge on any atom is -0.494 e. The number of ether oxygens (including phenoxy) is 2. The Hall–Kier alpha value is -1.10. The topological polar surface area (TPSA) is 56.5 Å². The van der Waals surface area contributed by atoms with E-state index in [2.05, 4.69) is 12.3 Å². The van der Waals surface area contributed by atoms with Crippen LogP contribution in [0.4, 0.5) is 0 Å². The number of hydrogen-bond acceptors (Lipinski definition) is 4. The summed E-state index contributed by atoms with van der Waals surface area (Å²) in [5, 5.41) is 0. The van der Waals surface area contributed by atoms with E-state index in [0.29, 0.717) is 13.2 Å². The second kappa shape index (κ2) is 8.98. The molecule has 96 valence electrons. The molecule has 0 aliphatic carbocycles. The van der Waals surface area contributed by atoms with Crippen molar-refractivity contribution in [3.63, 3.8) is 0 Å². The molecule has 0 spiro atoms. The molecule has 1 unspecified atom stereocenters. The predicted octanol–water partition coefficient (Wildman–Crippen LogP) is 1.71. The standard InChI is InChI=1S/C13H22N2O2/c1-2-9-16-11-12(15-14)8-10-17-13-6-4-3-5-7-13/h3-7,12,15H,2,8-11,14H2,1H3. The molecular weight excluding hydrogens is 216 g/mol. The Morgan fingerprint density at radius 1 is 1.24 bits per heavy atom. The molecule has 0 fully saturated rings. The van der Waals surface area contributed by atoms with Crippen molar-refractivity contribution >= 4 is 0 Å². The Morgan fingerprint density at radius 3 is 2.65 bits per heavy atom. The van der Waals surface area contributed by atoms with Crippen LogP contribution in [0.3, 0.4) is 0 Å². The van der Waals surface area contributed by atoms with Crippen LogP contribution < -0.4 is 16.0 Å². The summed E-state index contributed by atoms with van der Waals surface area (Å²) in [5.41, 5.74) is 2.74. The summed E-state index contributed by atoms with van der Waals surface area (Å²) in [5.74, 6) is 6.34. The van der Waals surface area contributed by atoms with Crippen LogP contribution in [0.15, 0.2) is 30.3 Å². The van der Waals surface area contributed by atoms with Crippen molar-refractivity contribution in [1.82, 2.24) is 5.43 Å². The lowest BCUT2D eigenvalue weighted by molar-refractivity contribution is 0.104. The Kier molecular flexibility index (Phi) is 7.38. The average Bonchev–Trinajstić information content (AvgIpc) is 2.38. The third kappa shape index (κ3) is 6.26. The molecule has 0 saturated carbocycles. The van der Waals surface area contributed by atoms with Gasteiger partial charge in [-0.15, -0.1) is 0 Å². The Morgan fingerprint density at radius 2 is 2.00 bits per heavy atom. The maximum Gasteiger partial charge on any atom is 0.119 e. The van der Waals surface area contributed by atoms with Crippen molar-refractivity contribution in [3.05, 3.63) is 30.3 Å². The van der Waals surface area contributed by atoms with E-state index in [1.165, 1.54) is 0 Å². The number of nitrogens with two attached hydrogens (primary N) is 1. The first-order chi connectivity index (χ1) is 8.36. The molecule has 1 aromatic carbocycles. The van der Waals surface area contributed by atoms with Crippen molar-refractivity contribution in [2.45, 2.75) is 25.8 Å². The third-order valence-corrected chi connectivity index (χ3v) is 2.38. The van der Waals surface area contributed by atoms with Crippen molar-refractivity contribution in [2.75, 3.05) is 19.8 Å². The van der Waals surface area contributed by atoms with Crippen LogP contribution in [0, 0.1) is 0 Å². The highest BCUT2D eigenvalue weighted by Gasteiger charge is 2.06. The van der Waals surface area contributed by atoms with Gasteiger partial charge in [0.1, 0.15) is 5.75 Å². The van der Waals surface area contributed by atoms with Gasteiger partial charge in [-0.3, -0.25) is 11.3 Å². The van der Waals surface area contributed by atoms with Crippen LogP contribution in [0.5, 0.6) is 5.75 Å². The molecule has 0 bridgehead atoms. The number of rotatable bonds is 9. The van der Waals surface area contributed by atoms with E-state index in [1.54, 1.807) is 0 Å². The molecule has 4 heteroatoms. The van der Waals surface area contributed by atoms with E-state index >= 15 is 0 Å². The molecule has 0 saturated heterocycles. The first kappa shape index (κ1) is 14.0. The lowest BCUT2D eigenvalue weighted by Crippen LogP contribution is -2.39. The normalized spacial score (nSPS) is 12.4. The van der Waals surface area contributed by atoms with Gasteiger partial charge in [-0.2, -0.15) is 0 Å². The number of para-hydroxylation sites is 1. The quantitative estimate of drug-likeness (QED) is 0.391. The first-order valence-corrected chi connectivity index (χ1v) is 6.08.